The van der Waals surface area contributed by atoms with E-state index in [2.05, 4.69) is 15.3 Å². The minimum Gasteiger partial charge on any atom is -0.493 e. The van der Waals surface area contributed by atoms with Crippen molar-refractivity contribution in [3.05, 3.63) is 90.3 Å². The van der Waals surface area contributed by atoms with Crippen LogP contribution < -0.4 is 19.5 Å². The summed E-state index contributed by atoms with van der Waals surface area (Å²) >= 11 is 0. The van der Waals surface area contributed by atoms with Crippen LogP contribution in [0.15, 0.2) is 79.2 Å². The maximum Gasteiger partial charge on any atom is 0.186 e. The molecule has 1 aromatic heterocycles. The Bertz CT molecular complexity index is 1640. The third-order valence-electron chi connectivity index (χ3n) is 6.21. The summed E-state index contributed by atoms with van der Waals surface area (Å²) in [6.45, 7) is 2.78. The maximum absolute atomic E-state index is 12.9. The number of ketones is 2. The monoisotopic (exact) mass is 537 g/mol. The molecule has 1 aliphatic carbocycles. The van der Waals surface area contributed by atoms with Gasteiger partial charge in [-0.05, 0) is 61.5 Å². The first-order chi connectivity index (χ1) is 19.4. The fourth-order valence-corrected chi connectivity index (χ4v) is 4.18. The highest BCUT2D eigenvalue weighted by Crippen LogP contribution is 2.37. The van der Waals surface area contributed by atoms with Gasteiger partial charge in [0.2, 0.25) is 0 Å². The normalized spacial score (nSPS) is 12.8. The van der Waals surface area contributed by atoms with Gasteiger partial charge in [-0.2, -0.15) is 0 Å². The smallest absolute Gasteiger partial charge is 0.186 e. The van der Waals surface area contributed by atoms with Crippen LogP contribution in [0.4, 0.5) is 11.5 Å². The lowest BCUT2D eigenvalue weighted by atomic mass is 9.94. The van der Waals surface area contributed by atoms with E-state index in [1.54, 1.807) is 44.6 Å². The van der Waals surface area contributed by atoms with E-state index in [0.717, 1.165) is 5.56 Å². The number of nitrogens with zero attached hydrogens (tertiary/aromatic N) is 2. The van der Waals surface area contributed by atoms with Gasteiger partial charge in [0, 0.05) is 35.4 Å². The number of methoxy groups -OCH3 is 2. The van der Waals surface area contributed by atoms with Gasteiger partial charge in [-0.25, -0.2) is 9.97 Å². The van der Waals surface area contributed by atoms with Crippen LogP contribution in [-0.2, 0) is 14.3 Å². The summed E-state index contributed by atoms with van der Waals surface area (Å²) < 4.78 is 22.5. The second-order valence-electron chi connectivity index (χ2n) is 8.99. The summed E-state index contributed by atoms with van der Waals surface area (Å²) in [5.74, 6) is 2.10. The fourth-order valence-electron chi connectivity index (χ4n) is 4.18. The summed E-state index contributed by atoms with van der Waals surface area (Å²) in [6, 6.07) is 16.5. The average molecular weight is 538 g/mol. The van der Waals surface area contributed by atoms with Crippen molar-refractivity contribution >= 4 is 39.5 Å². The van der Waals surface area contributed by atoms with Gasteiger partial charge < -0.3 is 24.3 Å². The lowest BCUT2D eigenvalue weighted by molar-refractivity contribution is -0.113. The molecule has 4 aromatic rings. The Morgan fingerprint density at radius 1 is 0.850 bits per heavy atom. The van der Waals surface area contributed by atoms with E-state index >= 15 is 0 Å². The first-order valence-electron chi connectivity index (χ1n) is 12.5. The quantitative estimate of drug-likeness (QED) is 0.204. The third-order valence-corrected chi connectivity index (χ3v) is 6.21. The number of anilines is 2. The fraction of sp³-hybridized carbons (Fsp3) is 0.161. The van der Waals surface area contributed by atoms with E-state index < -0.39 is 0 Å². The van der Waals surface area contributed by atoms with Crippen LogP contribution in [0.25, 0.3) is 16.5 Å². The predicted octanol–water partition coefficient (Wildman–Crippen LogP) is 5.60. The van der Waals surface area contributed by atoms with Crippen molar-refractivity contribution in [1.29, 1.82) is 0 Å². The lowest BCUT2D eigenvalue weighted by Crippen LogP contribution is -2.09. The largest absolute Gasteiger partial charge is 0.493 e. The van der Waals surface area contributed by atoms with E-state index in [1.165, 1.54) is 24.6 Å². The number of ether oxygens (including phenoxy) is 4. The summed E-state index contributed by atoms with van der Waals surface area (Å²) in [5.41, 5.74) is 3.02. The summed E-state index contributed by atoms with van der Waals surface area (Å²) in [6.07, 6.45) is 5.28. The van der Waals surface area contributed by atoms with Crippen molar-refractivity contribution in [2.45, 2.75) is 6.92 Å². The first-order valence-corrected chi connectivity index (χ1v) is 12.5. The molecule has 0 saturated carbocycles. The number of allylic oxidation sites excluding steroid dienone is 4. The van der Waals surface area contributed by atoms with E-state index in [-0.39, 0.29) is 17.1 Å². The van der Waals surface area contributed by atoms with Crippen LogP contribution in [0.2, 0.25) is 0 Å². The van der Waals surface area contributed by atoms with Crippen molar-refractivity contribution in [1.82, 2.24) is 9.97 Å². The number of hydrogen-bond acceptors (Lipinski definition) is 9. The van der Waals surface area contributed by atoms with Crippen molar-refractivity contribution < 1.29 is 28.5 Å². The molecule has 0 radical (unpaired) electrons. The molecule has 9 heteroatoms. The third kappa shape index (κ3) is 5.84. The minimum absolute atomic E-state index is 0.245. The molecule has 202 valence electrons. The van der Waals surface area contributed by atoms with Gasteiger partial charge in [-0.1, -0.05) is 17.7 Å². The molecule has 0 fully saturated rings. The summed E-state index contributed by atoms with van der Waals surface area (Å²) in [4.78, 5) is 33.9. The highest BCUT2D eigenvalue weighted by Gasteiger charge is 2.21. The van der Waals surface area contributed by atoms with Gasteiger partial charge in [0.15, 0.2) is 23.1 Å². The molecule has 0 amide bonds. The van der Waals surface area contributed by atoms with Crippen LogP contribution in [0.3, 0.4) is 0 Å². The molecular formula is C31H27N3O6. The number of nitrogens with one attached hydrogen (secondary N) is 1. The van der Waals surface area contributed by atoms with Gasteiger partial charge >= 0.3 is 0 Å². The van der Waals surface area contributed by atoms with Gasteiger partial charge in [-0.3, -0.25) is 9.59 Å². The van der Waals surface area contributed by atoms with Crippen LogP contribution in [0.1, 0.15) is 11.1 Å². The SMILES string of the molecule is COCCOc1cc2ncnc(Nc3ccc(Oc4ccc(C)cc4)cc3C3=CC(=O)C=CC3=O)c2cc1OC. The lowest BCUT2D eigenvalue weighted by Gasteiger charge is -2.17. The number of rotatable bonds is 10. The first kappa shape index (κ1) is 26.6. The molecular weight excluding hydrogens is 510 g/mol. The van der Waals surface area contributed by atoms with E-state index in [4.69, 9.17) is 18.9 Å². The predicted molar refractivity (Wildman–Crippen MR) is 152 cm³/mol. The Kier molecular flexibility index (Phi) is 7.84. The number of aromatic nitrogens is 2. The van der Waals surface area contributed by atoms with Crippen LogP contribution in [0, 0.1) is 6.92 Å². The molecule has 5 rings (SSSR count). The summed E-state index contributed by atoms with van der Waals surface area (Å²) in [5, 5.41) is 3.99. The molecule has 3 aromatic carbocycles. The molecule has 1 aliphatic rings. The molecule has 40 heavy (non-hydrogen) atoms. The van der Waals surface area contributed by atoms with Crippen LogP contribution in [0.5, 0.6) is 23.0 Å². The van der Waals surface area contributed by atoms with Crippen molar-refractivity contribution in [3.8, 4) is 23.0 Å². The second-order valence-corrected chi connectivity index (χ2v) is 8.99. The van der Waals surface area contributed by atoms with Crippen molar-refractivity contribution in [2.24, 2.45) is 0 Å². The number of aryl methyl sites for hydroxylation is 1. The van der Waals surface area contributed by atoms with Gasteiger partial charge in [0.05, 0.1) is 19.2 Å². The van der Waals surface area contributed by atoms with E-state index in [0.29, 0.717) is 64.2 Å². The Labute approximate surface area is 231 Å². The Morgan fingerprint density at radius 3 is 2.42 bits per heavy atom. The molecule has 0 atom stereocenters. The van der Waals surface area contributed by atoms with Crippen LogP contribution >= 0.6 is 0 Å². The van der Waals surface area contributed by atoms with E-state index in [1.807, 2.05) is 31.2 Å². The second kappa shape index (κ2) is 11.8. The van der Waals surface area contributed by atoms with Crippen molar-refractivity contribution in [2.75, 3.05) is 32.8 Å². The molecule has 0 spiro atoms. The topological polar surface area (TPSA) is 109 Å². The maximum atomic E-state index is 12.9. The minimum atomic E-state index is -0.290. The van der Waals surface area contributed by atoms with Gasteiger partial charge in [0.25, 0.3) is 0 Å². The Balaban J connectivity index is 1.55. The zero-order valence-corrected chi connectivity index (χ0v) is 22.3. The highest BCUT2D eigenvalue weighted by atomic mass is 16.5. The number of hydrogen-bond donors (Lipinski definition) is 1. The molecule has 0 saturated heterocycles. The average Bonchev–Trinajstić information content (AvgIpc) is 2.96. The van der Waals surface area contributed by atoms with Gasteiger partial charge in [0.1, 0.15) is 30.3 Å². The molecule has 0 unspecified atom stereocenters. The van der Waals surface area contributed by atoms with Gasteiger partial charge in [-0.15, -0.1) is 0 Å². The number of benzene rings is 3. The zero-order valence-electron chi connectivity index (χ0n) is 22.3. The highest BCUT2D eigenvalue weighted by molar-refractivity contribution is 6.34. The number of carbonyl (C=O) groups excluding carboxylic acids is 2. The number of fused-ring (bicyclic) bond motifs is 1. The molecule has 0 aliphatic heterocycles. The Morgan fingerprint density at radius 2 is 1.65 bits per heavy atom. The van der Waals surface area contributed by atoms with Crippen molar-refractivity contribution in [3.63, 3.8) is 0 Å². The standard InChI is InChI=1S/C31H27N3O6/c1-19-4-7-21(8-5-19)40-22-9-10-26(23(15-22)24-14-20(35)6-11-28(24)36)34-31-25-16-29(38-3)30(39-13-12-37-2)17-27(25)32-18-33-31/h4-11,14-18H,12-13H2,1-3H3,(H,32,33,34). The van der Waals surface area contributed by atoms with E-state index in [9.17, 15) is 9.59 Å². The molecule has 1 N–H and O–H groups in total. The number of carbonyl (C=O) groups is 2. The zero-order chi connectivity index (χ0) is 28.1. The molecule has 0 bridgehead atoms. The molecule has 9 nitrogen and oxygen atoms in total. The Hall–Kier alpha value is -5.02. The van der Waals surface area contributed by atoms with Crippen LogP contribution in [-0.4, -0.2) is 49.0 Å². The molecule has 1 heterocycles. The summed E-state index contributed by atoms with van der Waals surface area (Å²) in [7, 11) is 3.16.